The molecule has 0 aliphatic carbocycles. The third-order valence-corrected chi connectivity index (χ3v) is 6.21. The maximum Gasteiger partial charge on any atom is 0.228 e. The molecule has 0 saturated carbocycles. The molecule has 1 aliphatic rings. The first-order valence-corrected chi connectivity index (χ1v) is 11.3. The van der Waals surface area contributed by atoms with Crippen LogP contribution >= 0.6 is 23.1 Å². The summed E-state index contributed by atoms with van der Waals surface area (Å²) in [5, 5.41) is 7.38. The maximum absolute atomic E-state index is 14.5. The van der Waals surface area contributed by atoms with E-state index in [-0.39, 0.29) is 18.1 Å². The molecule has 2 heterocycles. The fraction of sp³-hybridized carbons (Fsp3) is 0.273. The van der Waals surface area contributed by atoms with Crippen LogP contribution in [0.4, 0.5) is 10.1 Å². The molecule has 0 spiro atoms. The Balaban J connectivity index is 1.76. The number of carbonyl (C=O) groups is 1. The number of carbonyl (C=O) groups excluding carboxylic acids is 1. The molecule has 29 heavy (non-hydrogen) atoms. The van der Waals surface area contributed by atoms with Gasteiger partial charge in [0, 0.05) is 23.4 Å². The van der Waals surface area contributed by atoms with E-state index >= 15 is 0 Å². The van der Waals surface area contributed by atoms with Crippen molar-refractivity contribution >= 4 is 45.4 Å². The first kappa shape index (κ1) is 21.3. The Labute approximate surface area is 178 Å². The second-order valence-electron chi connectivity index (χ2n) is 6.94. The summed E-state index contributed by atoms with van der Waals surface area (Å²) in [6.45, 7) is 3.82. The van der Waals surface area contributed by atoms with Crippen LogP contribution in [0.2, 0.25) is 0 Å². The molecular formula is C22H24FN3OS2. The van der Waals surface area contributed by atoms with Crippen LogP contribution in [0, 0.1) is 5.82 Å². The summed E-state index contributed by atoms with van der Waals surface area (Å²) >= 11 is 3.09. The highest BCUT2D eigenvalue weighted by Crippen LogP contribution is 2.37. The van der Waals surface area contributed by atoms with E-state index < -0.39 is 5.54 Å². The molecule has 1 aromatic heterocycles. The minimum absolute atomic E-state index is 0.160. The lowest BCUT2D eigenvalue weighted by molar-refractivity contribution is -0.115. The fourth-order valence-corrected chi connectivity index (χ4v) is 4.84. The van der Waals surface area contributed by atoms with Gasteiger partial charge in [-0.05, 0) is 66.4 Å². The van der Waals surface area contributed by atoms with Gasteiger partial charge >= 0.3 is 0 Å². The van der Waals surface area contributed by atoms with Crippen molar-refractivity contribution in [3.8, 4) is 0 Å². The van der Waals surface area contributed by atoms with Gasteiger partial charge in [0.25, 0.3) is 0 Å². The summed E-state index contributed by atoms with van der Waals surface area (Å²) in [5.74, 6) is 0.275. The van der Waals surface area contributed by atoms with Gasteiger partial charge in [0.15, 0.2) is 5.17 Å². The number of nitrogens with one attached hydrogen (secondary N) is 1. The van der Waals surface area contributed by atoms with Crippen molar-refractivity contribution in [2.45, 2.75) is 32.2 Å². The average Bonchev–Trinajstić information content (AvgIpc) is 3.21. The zero-order valence-corrected chi connectivity index (χ0v) is 18.1. The Morgan fingerprint density at radius 1 is 1.41 bits per heavy atom. The second-order valence-corrected chi connectivity index (χ2v) is 8.84. The Morgan fingerprint density at radius 2 is 2.24 bits per heavy atom. The molecule has 4 nitrogen and oxygen atoms in total. The molecule has 1 unspecified atom stereocenters. The molecule has 0 fully saturated rings. The van der Waals surface area contributed by atoms with E-state index in [0.29, 0.717) is 22.8 Å². The average molecular weight is 430 g/mol. The Morgan fingerprint density at radius 3 is 2.93 bits per heavy atom. The molecule has 152 valence electrons. The van der Waals surface area contributed by atoms with Gasteiger partial charge in [-0.15, -0.1) is 0 Å². The maximum atomic E-state index is 14.5. The number of thiophene rings is 1. The van der Waals surface area contributed by atoms with Crippen molar-refractivity contribution in [1.29, 1.82) is 0 Å². The number of nitrogens with two attached hydrogens (primary N) is 1. The van der Waals surface area contributed by atoms with Crippen LogP contribution in [0.3, 0.4) is 0 Å². The van der Waals surface area contributed by atoms with E-state index in [1.54, 1.807) is 23.5 Å². The Kier molecular flexibility index (Phi) is 6.92. The van der Waals surface area contributed by atoms with Gasteiger partial charge in [0.05, 0.1) is 5.54 Å². The number of hydrogen-bond donors (Lipinski definition) is 2. The Hall–Kier alpha value is -2.38. The number of benzene rings is 1. The highest BCUT2D eigenvalue weighted by atomic mass is 32.2. The standard InChI is InChI=1S/C22H24FN3OS2/c1-3-4-15(16-9-11-28-14-16)5-8-20(27)25-17-6-7-19(23)18(13-17)22(2)10-12-29-21(24)26-22/h3-7,9,11,13-14H,8,10,12H2,1-2H3,(H2,24,26)(H,25,27)/b4-3-,15-5+. The van der Waals surface area contributed by atoms with Crippen molar-refractivity contribution in [2.75, 3.05) is 11.1 Å². The largest absolute Gasteiger partial charge is 0.379 e. The van der Waals surface area contributed by atoms with Crippen LogP contribution in [0.1, 0.15) is 37.8 Å². The molecule has 0 radical (unpaired) electrons. The van der Waals surface area contributed by atoms with Crippen molar-refractivity contribution in [1.82, 2.24) is 0 Å². The predicted octanol–water partition coefficient (Wildman–Crippen LogP) is 5.54. The molecule has 3 N–H and O–H groups in total. The van der Waals surface area contributed by atoms with E-state index in [2.05, 4.69) is 10.3 Å². The van der Waals surface area contributed by atoms with Gasteiger partial charge in [-0.2, -0.15) is 11.3 Å². The van der Waals surface area contributed by atoms with Crippen molar-refractivity contribution < 1.29 is 9.18 Å². The summed E-state index contributed by atoms with van der Waals surface area (Å²) < 4.78 is 14.5. The molecule has 2 aromatic rings. The lowest BCUT2D eigenvalue weighted by atomic mass is 9.89. The summed E-state index contributed by atoms with van der Waals surface area (Å²) in [6.07, 6.45) is 6.73. The number of amidine groups is 1. The number of allylic oxidation sites excluding steroid dienone is 3. The molecule has 1 amide bonds. The van der Waals surface area contributed by atoms with Crippen LogP contribution in [0.5, 0.6) is 0 Å². The van der Waals surface area contributed by atoms with Crippen LogP contribution in [0.15, 0.2) is 58.2 Å². The van der Waals surface area contributed by atoms with Gasteiger partial charge in [-0.1, -0.05) is 30.0 Å². The van der Waals surface area contributed by atoms with Crippen LogP contribution in [-0.2, 0) is 10.3 Å². The molecular weight excluding hydrogens is 405 g/mol. The van der Waals surface area contributed by atoms with Gasteiger partial charge in [-0.3, -0.25) is 9.79 Å². The zero-order chi connectivity index (χ0) is 20.9. The number of thioether (sulfide) groups is 1. The second kappa shape index (κ2) is 9.41. The molecule has 0 bridgehead atoms. The van der Waals surface area contributed by atoms with Crippen molar-refractivity contribution in [3.63, 3.8) is 0 Å². The van der Waals surface area contributed by atoms with Gasteiger partial charge < -0.3 is 11.1 Å². The number of rotatable bonds is 6. The van der Waals surface area contributed by atoms with E-state index in [9.17, 15) is 9.18 Å². The molecule has 0 saturated heterocycles. The quantitative estimate of drug-likeness (QED) is 0.592. The highest BCUT2D eigenvalue weighted by molar-refractivity contribution is 8.13. The number of aliphatic imine (C=N–C) groups is 1. The number of nitrogens with zero attached hydrogens (tertiary/aromatic N) is 1. The normalized spacial score (nSPS) is 20.0. The third-order valence-electron chi connectivity index (χ3n) is 4.73. The predicted molar refractivity (Wildman–Crippen MR) is 123 cm³/mol. The topological polar surface area (TPSA) is 67.5 Å². The van der Waals surface area contributed by atoms with E-state index in [1.807, 2.05) is 48.9 Å². The minimum atomic E-state index is -0.724. The highest BCUT2D eigenvalue weighted by Gasteiger charge is 2.32. The van der Waals surface area contributed by atoms with E-state index in [0.717, 1.165) is 16.9 Å². The number of halogens is 1. The molecule has 3 rings (SSSR count). The van der Waals surface area contributed by atoms with Gasteiger partial charge in [0.2, 0.25) is 5.91 Å². The van der Waals surface area contributed by atoms with Gasteiger partial charge in [-0.25, -0.2) is 4.39 Å². The molecule has 1 aromatic carbocycles. The summed E-state index contributed by atoms with van der Waals surface area (Å²) in [6, 6.07) is 6.63. The Bertz CT molecular complexity index is 966. The van der Waals surface area contributed by atoms with Crippen molar-refractivity contribution in [3.05, 3.63) is 70.2 Å². The first-order chi connectivity index (χ1) is 13.9. The third kappa shape index (κ3) is 5.36. The van der Waals surface area contributed by atoms with Gasteiger partial charge in [0.1, 0.15) is 5.82 Å². The summed E-state index contributed by atoms with van der Waals surface area (Å²) in [7, 11) is 0. The lowest BCUT2D eigenvalue weighted by Gasteiger charge is -2.30. The van der Waals surface area contributed by atoms with Crippen LogP contribution in [-0.4, -0.2) is 16.8 Å². The van der Waals surface area contributed by atoms with E-state index in [4.69, 9.17) is 5.73 Å². The molecule has 1 atom stereocenters. The minimum Gasteiger partial charge on any atom is -0.379 e. The smallest absolute Gasteiger partial charge is 0.228 e. The fourth-order valence-electron chi connectivity index (χ4n) is 3.20. The summed E-state index contributed by atoms with van der Waals surface area (Å²) in [5.41, 5.74) is 8.22. The number of anilines is 1. The zero-order valence-electron chi connectivity index (χ0n) is 16.4. The number of hydrogen-bond acceptors (Lipinski definition) is 5. The summed E-state index contributed by atoms with van der Waals surface area (Å²) in [4.78, 5) is 16.9. The lowest BCUT2D eigenvalue weighted by Crippen LogP contribution is -2.29. The first-order valence-electron chi connectivity index (χ1n) is 9.35. The van der Waals surface area contributed by atoms with Crippen LogP contribution < -0.4 is 11.1 Å². The molecule has 1 aliphatic heterocycles. The van der Waals surface area contributed by atoms with Crippen molar-refractivity contribution in [2.24, 2.45) is 10.7 Å². The monoisotopic (exact) mass is 429 g/mol. The van der Waals surface area contributed by atoms with E-state index in [1.165, 1.54) is 17.8 Å². The number of amides is 1. The molecule has 7 heteroatoms. The van der Waals surface area contributed by atoms with Crippen LogP contribution in [0.25, 0.3) is 5.57 Å². The SMILES string of the molecule is C/C=C\C(=C/CC(=O)Nc1ccc(F)c(C2(C)CCSC(N)=N2)c1)c1ccsc1.